The Morgan fingerprint density at radius 1 is 0.944 bits per heavy atom. The summed E-state index contributed by atoms with van der Waals surface area (Å²) in [5.74, 6) is 0.133. The van der Waals surface area contributed by atoms with Gasteiger partial charge < -0.3 is 4.74 Å². The maximum atomic E-state index is 11.9. The normalized spacial score (nSPS) is 11.2. The molecule has 0 aliphatic heterocycles. The Morgan fingerprint density at radius 2 is 1.56 bits per heavy atom. The van der Waals surface area contributed by atoms with Gasteiger partial charge in [-0.25, -0.2) is 8.42 Å². The summed E-state index contributed by atoms with van der Waals surface area (Å²) in [6, 6.07) is 14.8. The van der Waals surface area contributed by atoms with Crippen molar-refractivity contribution in [3.05, 3.63) is 59.6 Å². The summed E-state index contributed by atoms with van der Waals surface area (Å²) in [7, 11) is -3.46. The summed E-state index contributed by atoms with van der Waals surface area (Å²) in [5, 5.41) is 0.498. The summed E-state index contributed by atoms with van der Waals surface area (Å²) in [5.41, 5.74) is 0. The number of sulfone groups is 1. The van der Waals surface area contributed by atoms with E-state index in [9.17, 15) is 8.42 Å². The second-order valence-corrected chi connectivity index (χ2v) is 6.02. The van der Waals surface area contributed by atoms with Crippen molar-refractivity contribution >= 4 is 21.4 Å². The molecule has 2 aromatic carbocycles. The molecule has 0 amide bonds. The van der Waals surface area contributed by atoms with Gasteiger partial charge in [-0.3, -0.25) is 0 Å². The highest BCUT2D eigenvalue weighted by Crippen LogP contribution is 2.17. The maximum absolute atomic E-state index is 11.9. The molecule has 0 radical (unpaired) electrons. The standard InChI is InChI=1S/C13H11ClO3S/c14-11-6-8-13(9-7-11)18(15,16)10-17-12-4-2-1-3-5-12/h1-9H,10H2. The fourth-order valence-corrected chi connectivity index (χ4v) is 2.48. The fourth-order valence-electron chi connectivity index (χ4n) is 1.37. The topological polar surface area (TPSA) is 43.4 Å². The molecule has 0 saturated carbocycles. The largest absolute Gasteiger partial charge is 0.477 e. The lowest BCUT2D eigenvalue weighted by Crippen LogP contribution is -2.12. The van der Waals surface area contributed by atoms with Gasteiger partial charge in [0.25, 0.3) is 0 Å². The molecule has 2 aromatic rings. The van der Waals surface area contributed by atoms with E-state index in [1.807, 2.05) is 6.07 Å². The van der Waals surface area contributed by atoms with Gasteiger partial charge in [-0.1, -0.05) is 29.8 Å². The van der Waals surface area contributed by atoms with Crippen LogP contribution in [0.15, 0.2) is 59.5 Å². The minimum atomic E-state index is -3.46. The number of ether oxygens (including phenoxy) is 1. The molecule has 0 saturated heterocycles. The van der Waals surface area contributed by atoms with E-state index in [1.54, 1.807) is 24.3 Å². The van der Waals surface area contributed by atoms with Crippen LogP contribution in [0.25, 0.3) is 0 Å². The molecule has 0 spiro atoms. The van der Waals surface area contributed by atoms with E-state index in [0.717, 1.165) is 0 Å². The van der Waals surface area contributed by atoms with Crippen LogP contribution in [0.1, 0.15) is 0 Å². The van der Waals surface area contributed by atoms with Crippen molar-refractivity contribution in [1.82, 2.24) is 0 Å². The van der Waals surface area contributed by atoms with Crippen molar-refractivity contribution in [1.29, 1.82) is 0 Å². The van der Waals surface area contributed by atoms with Crippen molar-refractivity contribution in [3.63, 3.8) is 0 Å². The average molecular weight is 283 g/mol. The van der Waals surface area contributed by atoms with Crippen LogP contribution in [0.3, 0.4) is 0 Å². The third-order valence-electron chi connectivity index (χ3n) is 2.30. The van der Waals surface area contributed by atoms with Crippen molar-refractivity contribution < 1.29 is 13.2 Å². The van der Waals surface area contributed by atoms with Gasteiger partial charge in [-0.05, 0) is 36.4 Å². The summed E-state index contributed by atoms with van der Waals surface area (Å²) < 4.78 is 29.1. The molecular formula is C13H11ClO3S. The van der Waals surface area contributed by atoms with Gasteiger partial charge in [0, 0.05) is 5.02 Å². The molecule has 18 heavy (non-hydrogen) atoms. The van der Waals surface area contributed by atoms with E-state index in [2.05, 4.69) is 0 Å². The lowest BCUT2D eigenvalue weighted by molar-refractivity contribution is 0.376. The van der Waals surface area contributed by atoms with Gasteiger partial charge in [-0.2, -0.15) is 0 Å². The molecule has 0 atom stereocenters. The molecule has 3 nitrogen and oxygen atoms in total. The second-order valence-electron chi connectivity index (χ2n) is 3.64. The number of rotatable bonds is 4. The van der Waals surface area contributed by atoms with E-state index in [-0.39, 0.29) is 4.90 Å². The van der Waals surface area contributed by atoms with E-state index < -0.39 is 15.8 Å². The first-order valence-corrected chi connectivity index (χ1v) is 7.27. The number of halogens is 1. The molecule has 0 fully saturated rings. The van der Waals surface area contributed by atoms with Crippen LogP contribution >= 0.6 is 11.6 Å². The average Bonchev–Trinajstić information content (AvgIpc) is 2.38. The highest BCUT2D eigenvalue weighted by atomic mass is 35.5. The molecule has 0 bridgehead atoms. The Kier molecular flexibility index (Phi) is 3.89. The minimum absolute atomic E-state index is 0.197. The van der Waals surface area contributed by atoms with Crippen LogP contribution < -0.4 is 4.74 Å². The van der Waals surface area contributed by atoms with E-state index >= 15 is 0 Å². The van der Waals surface area contributed by atoms with E-state index in [1.165, 1.54) is 24.3 Å². The number of hydrogen-bond donors (Lipinski definition) is 0. The van der Waals surface area contributed by atoms with Gasteiger partial charge in [0.1, 0.15) is 5.75 Å². The van der Waals surface area contributed by atoms with Crippen LogP contribution in [0.4, 0.5) is 0 Å². The van der Waals surface area contributed by atoms with Crippen molar-refractivity contribution in [2.75, 3.05) is 5.94 Å². The predicted octanol–water partition coefficient (Wildman–Crippen LogP) is 3.15. The zero-order valence-electron chi connectivity index (χ0n) is 9.41. The Balaban J connectivity index is 2.11. The van der Waals surface area contributed by atoms with Gasteiger partial charge in [-0.15, -0.1) is 0 Å². The monoisotopic (exact) mass is 282 g/mol. The molecule has 5 heteroatoms. The zero-order chi connectivity index (χ0) is 13.0. The van der Waals surface area contributed by atoms with Crippen molar-refractivity contribution in [3.8, 4) is 5.75 Å². The Morgan fingerprint density at radius 3 is 2.17 bits per heavy atom. The first-order chi connectivity index (χ1) is 8.58. The number of para-hydroxylation sites is 1. The molecule has 0 aliphatic rings. The van der Waals surface area contributed by atoms with Crippen LogP contribution in [0.2, 0.25) is 5.02 Å². The highest BCUT2D eigenvalue weighted by Gasteiger charge is 2.15. The minimum Gasteiger partial charge on any atom is -0.477 e. The van der Waals surface area contributed by atoms with Gasteiger partial charge >= 0.3 is 0 Å². The molecule has 0 heterocycles. The molecule has 0 N–H and O–H groups in total. The van der Waals surface area contributed by atoms with Crippen LogP contribution in [0, 0.1) is 0 Å². The quantitative estimate of drug-likeness (QED) is 0.865. The second kappa shape index (κ2) is 5.42. The summed E-state index contributed by atoms with van der Waals surface area (Å²) in [4.78, 5) is 0.197. The third-order valence-corrected chi connectivity index (χ3v) is 3.97. The van der Waals surface area contributed by atoms with Crippen molar-refractivity contribution in [2.45, 2.75) is 4.90 Å². The predicted molar refractivity (Wildman–Crippen MR) is 70.6 cm³/mol. The maximum Gasteiger partial charge on any atom is 0.213 e. The summed E-state index contributed by atoms with van der Waals surface area (Å²) >= 11 is 5.71. The Labute approximate surface area is 111 Å². The Bertz CT molecular complexity index is 606. The van der Waals surface area contributed by atoms with Gasteiger partial charge in [0.2, 0.25) is 9.84 Å². The molecule has 0 unspecified atom stereocenters. The smallest absolute Gasteiger partial charge is 0.213 e. The summed E-state index contributed by atoms with van der Waals surface area (Å²) in [6.07, 6.45) is 0. The van der Waals surface area contributed by atoms with E-state index in [4.69, 9.17) is 16.3 Å². The Hall–Kier alpha value is -1.52. The van der Waals surface area contributed by atoms with Gasteiger partial charge in [0.15, 0.2) is 5.94 Å². The highest BCUT2D eigenvalue weighted by molar-refractivity contribution is 7.91. The molecule has 94 valence electrons. The first kappa shape index (κ1) is 12.9. The van der Waals surface area contributed by atoms with Crippen molar-refractivity contribution in [2.24, 2.45) is 0 Å². The molecule has 0 aromatic heterocycles. The molecule has 0 aliphatic carbocycles. The summed E-state index contributed by atoms with van der Waals surface area (Å²) in [6.45, 7) is 0. The van der Waals surface area contributed by atoms with Crippen LogP contribution in [0.5, 0.6) is 5.75 Å². The lowest BCUT2D eigenvalue weighted by Gasteiger charge is -2.07. The van der Waals surface area contributed by atoms with Crippen LogP contribution in [-0.4, -0.2) is 14.4 Å². The SMILES string of the molecule is O=S(=O)(COc1ccccc1)c1ccc(Cl)cc1. The number of benzene rings is 2. The molecule has 2 rings (SSSR count). The lowest BCUT2D eigenvalue weighted by atomic mass is 10.3. The van der Waals surface area contributed by atoms with Crippen LogP contribution in [-0.2, 0) is 9.84 Å². The zero-order valence-corrected chi connectivity index (χ0v) is 11.0. The van der Waals surface area contributed by atoms with E-state index in [0.29, 0.717) is 10.8 Å². The van der Waals surface area contributed by atoms with Gasteiger partial charge in [0.05, 0.1) is 4.90 Å². The number of hydrogen-bond acceptors (Lipinski definition) is 3. The first-order valence-electron chi connectivity index (χ1n) is 5.24. The molecular weight excluding hydrogens is 272 g/mol. The fraction of sp³-hybridized carbons (Fsp3) is 0.0769. The third kappa shape index (κ3) is 3.24.